The van der Waals surface area contributed by atoms with Crippen molar-refractivity contribution in [2.75, 3.05) is 13.1 Å². The van der Waals surface area contributed by atoms with E-state index < -0.39 is 10.9 Å². The van der Waals surface area contributed by atoms with Gasteiger partial charge >= 0.3 is 0 Å². The molecular formula is C16H30N2O2S2. The number of thiol groups is 1. The first-order valence-corrected chi connectivity index (χ1v) is 9.76. The SMILES string of the molecule is CC(=O)[C@H](N(C(=O)[C@H]1CCCNC1)C(C)(C)SS)C(C)(C)C. The predicted molar refractivity (Wildman–Crippen MR) is 97.0 cm³/mol. The number of ketones is 1. The van der Waals surface area contributed by atoms with Crippen LogP contribution in [0.15, 0.2) is 0 Å². The summed E-state index contributed by atoms with van der Waals surface area (Å²) in [6, 6.07) is -0.448. The molecular weight excluding hydrogens is 316 g/mol. The maximum Gasteiger partial charge on any atom is 0.228 e. The standard InChI is InChI=1S/C16H30N2O2S2/c1-11(19)13(15(2,3)4)18(16(5,6)22-21)14(20)12-8-7-9-17-10-12/h12-13,17,21H,7-10H2,1-6H3/t12-,13-/m0/s1. The van der Waals surface area contributed by atoms with Crippen molar-refractivity contribution in [3.05, 3.63) is 0 Å². The second-order valence-corrected chi connectivity index (χ2v) is 9.40. The largest absolute Gasteiger partial charge is 0.317 e. The van der Waals surface area contributed by atoms with E-state index in [9.17, 15) is 9.59 Å². The first-order valence-electron chi connectivity index (χ1n) is 7.89. The van der Waals surface area contributed by atoms with E-state index in [1.54, 1.807) is 11.8 Å². The van der Waals surface area contributed by atoms with Gasteiger partial charge in [-0.05, 0) is 45.6 Å². The van der Waals surface area contributed by atoms with E-state index >= 15 is 0 Å². The quantitative estimate of drug-likeness (QED) is 0.456. The van der Waals surface area contributed by atoms with Gasteiger partial charge in [0.05, 0.1) is 16.8 Å². The molecule has 0 aromatic carbocycles. The molecule has 1 aliphatic rings. The molecule has 1 rings (SSSR count). The van der Waals surface area contributed by atoms with Gasteiger partial charge in [0, 0.05) is 6.54 Å². The Morgan fingerprint density at radius 1 is 1.27 bits per heavy atom. The van der Waals surface area contributed by atoms with Crippen molar-refractivity contribution in [2.45, 2.75) is 65.3 Å². The molecule has 0 bridgehead atoms. The van der Waals surface area contributed by atoms with Crippen molar-refractivity contribution in [3.8, 4) is 0 Å². The molecule has 22 heavy (non-hydrogen) atoms. The van der Waals surface area contributed by atoms with Gasteiger partial charge in [0.1, 0.15) is 0 Å². The van der Waals surface area contributed by atoms with Crippen LogP contribution in [0.1, 0.15) is 54.4 Å². The maximum absolute atomic E-state index is 13.2. The van der Waals surface area contributed by atoms with Crippen LogP contribution >= 0.6 is 22.5 Å². The van der Waals surface area contributed by atoms with Gasteiger partial charge < -0.3 is 10.2 Å². The summed E-state index contributed by atoms with van der Waals surface area (Å²) in [6.45, 7) is 13.2. The minimum Gasteiger partial charge on any atom is -0.317 e. The number of carbonyl (C=O) groups excluding carboxylic acids is 2. The Hall–Kier alpha value is -0.200. The summed E-state index contributed by atoms with van der Waals surface area (Å²) in [5, 5.41) is 3.29. The van der Waals surface area contributed by atoms with Crippen molar-refractivity contribution < 1.29 is 9.59 Å². The summed E-state index contributed by atoms with van der Waals surface area (Å²) in [4.78, 5) is 26.8. The molecule has 0 aromatic heterocycles. The first kappa shape index (κ1) is 19.8. The Kier molecular flexibility index (Phi) is 6.84. The molecule has 128 valence electrons. The molecule has 2 atom stereocenters. The maximum atomic E-state index is 13.2. The topological polar surface area (TPSA) is 49.4 Å². The average Bonchev–Trinajstić information content (AvgIpc) is 2.42. The van der Waals surface area contributed by atoms with Crippen LogP contribution in [0.5, 0.6) is 0 Å². The van der Waals surface area contributed by atoms with Gasteiger partial charge in [0.15, 0.2) is 5.78 Å². The summed E-state index contributed by atoms with van der Waals surface area (Å²) >= 11 is 4.35. The third kappa shape index (κ3) is 4.65. The zero-order chi connectivity index (χ0) is 17.1. The first-order chi connectivity index (χ1) is 10.0. The minimum atomic E-state index is -0.540. The van der Waals surface area contributed by atoms with E-state index in [-0.39, 0.29) is 23.0 Å². The number of nitrogens with one attached hydrogen (secondary N) is 1. The van der Waals surface area contributed by atoms with E-state index in [1.165, 1.54) is 10.8 Å². The summed E-state index contributed by atoms with van der Waals surface area (Å²) in [5.41, 5.74) is -0.315. The number of rotatable bonds is 5. The molecule has 1 fully saturated rings. The third-order valence-electron chi connectivity index (χ3n) is 4.15. The number of amides is 1. The van der Waals surface area contributed by atoms with Gasteiger partial charge in [0.25, 0.3) is 0 Å². The van der Waals surface area contributed by atoms with Crippen LogP contribution in [0, 0.1) is 11.3 Å². The lowest BCUT2D eigenvalue weighted by atomic mass is 9.81. The molecule has 0 aliphatic carbocycles. The molecule has 0 aromatic rings. The molecule has 1 amide bonds. The van der Waals surface area contributed by atoms with Crippen molar-refractivity contribution in [2.24, 2.45) is 11.3 Å². The van der Waals surface area contributed by atoms with Crippen molar-refractivity contribution in [1.29, 1.82) is 0 Å². The van der Waals surface area contributed by atoms with Gasteiger partial charge in [-0.15, -0.1) is 11.7 Å². The molecule has 4 nitrogen and oxygen atoms in total. The number of Topliss-reactive ketones (excluding diaryl/α,β-unsaturated/α-hetero) is 1. The molecule has 0 radical (unpaired) electrons. The fourth-order valence-corrected chi connectivity index (χ4v) is 3.73. The lowest BCUT2D eigenvalue weighted by molar-refractivity contribution is -0.150. The van der Waals surface area contributed by atoms with Gasteiger partial charge in [-0.3, -0.25) is 9.59 Å². The smallest absolute Gasteiger partial charge is 0.228 e. The molecule has 0 spiro atoms. The summed E-state index contributed by atoms with van der Waals surface area (Å²) < 4.78 is 0. The Balaban J connectivity index is 3.22. The van der Waals surface area contributed by atoms with E-state index in [1.807, 2.05) is 34.6 Å². The number of hydrogen-bond acceptors (Lipinski definition) is 5. The molecule has 0 unspecified atom stereocenters. The zero-order valence-corrected chi connectivity index (χ0v) is 16.3. The van der Waals surface area contributed by atoms with E-state index in [4.69, 9.17) is 0 Å². The molecule has 1 heterocycles. The Morgan fingerprint density at radius 2 is 1.86 bits per heavy atom. The lowest BCUT2D eigenvalue weighted by Crippen LogP contribution is -2.60. The van der Waals surface area contributed by atoms with Crippen LogP contribution in [-0.4, -0.2) is 40.6 Å². The molecule has 1 saturated heterocycles. The van der Waals surface area contributed by atoms with Gasteiger partial charge in [0.2, 0.25) is 5.91 Å². The van der Waals surface area contributed by atoms with Crippen LogP contribution in [0.2, 0.25) is 0 Å². The highest BCUT2D eigenvalue weighted by atomic mass is 33.1. The highest BCUT2D eigenvalue weighted by Crippen LogP contribution is 2.39. The summed E-state index contributed by atoms with van der Waals surface area (Å²) in [7, 11) is 1.32. The molecule has 6 heteroatoms. The van der Waals surface area contributed by atoms with E-state index in [2.05, 4.69) is 17.0 Å². The number of nitrogens with zero attached hydrogens (tertiary/aromatic N) is 1. The van der Waals surface area contributed by atoms with Crippen LogP contribution < -0.4 is 5.32 Å². The molecule has 1 aliphatic heterocycles. The third-order valence-corrected chi connectivity index (χ3v) is 6.13. The Bertz CT molecular complexity index is 413. The highest BCUT2D eigenvalue weighted by Gasteiger charge is 2.45. The van der Waals surface area contributed by atoms with Crippen LogP contribution in [0.25, 0.3) is 0 Å². The monoisotopic (exact) mass is 346 g/mol. The Morgan fingerprint density at radius 3 is 2.23 bits per heavy atom. The number of carbonyl (C=O) groups is 2. The second-order valence-electron chi connectivity index (χ2n) is 7.67. The van der Waals surface area contributed by atoms with Crippen LogP contribution in [-0.2, 0) is 9.59 Å². The summed E-state index contributed by atoms with van der Waals surface area (Å²) in [5.74, 6) is 0.0339. The normalized spacial score (nSPS) is 21.3. The van der Waals surface area contributed by atoms with Crippen LogP contribution in [0.4, 0.5) is 0 Å². The highest BCUT2D eigenvalue weighted by molar-refractivity contribution is 8.69. The van der Waals surface area contributed by atoms with Crippen molar-refractivity contribution >= 4 is 34.1 Å². The number of hydrogen-bond donors (Lipinski definition) is 2. The number of piperidine rings is 1. The predicted octanol–water partition coefficient (Wildman–Crippen LogP) is 3.13. The zero-order valence-electron chi connectivity index (χ0n) is 14.6. The minimum absolute atomic E-state index is 0.0278. The van der Waals surface area contributed by atoms with Gasteiger partial charge in [-0.1, -0.05) is 31.6 Å². The lowest BCUT2D eigenvalue weighted by Gasteiger charge is -2.48. The second kappa shape index (κ2) is 7.58. The summed E-state index contributed by atoms with van der Waals surface area (Å²) in [6.07, 6.45) is 1.88. The fraction of sp³-hybridized carbons (Fsp3) is 0.875. The van der Waals surface area contributed by atoms with Crippen LogP contribution in [0.3, 0.4) is 0 Å². The van der Waals surface area contributed by atoms with Gasteiger partial charge in [-0.2, -0.15) is 0 Å². The molecule has 1 N–H and O–H groups in total. The molecule has 0 saturated carbocycles. The van der Waals surface area contributed by atoms with Gasteiger partial charge in [-0.25, -0.2) is 0 Å². The fourth-order valence-electron chi connectivity index (χ4n) is 3.19. The van der Waals surface area contributed by atoms with Crippen molar-refractivity contribution in [1.82, 2.24) is 10.2 Å². The van der Waals surface area contributed by atoms with E-state index in [0.29, 0.717) is 6.54 Å². The average molecular weight is 347 g/mol. The van der Waals surface area contributed by atoms with E-state index in [0.717, 1.165) is 19.4 Å². The van der Waals surface area contributed by atoms with Crippen molar-refractivity contribution in [3.63, 3.8) is 0 Å². The Labute approximate surface area is 144 Å².